The van der Waals surface area contributed by atoms with Crippen molar-refractivity contribution in [1.29, 1.82) is 0 Å². The molecule has 0 spiro atoms. The van der Waals surface area contributed by atoms with Crippen LogP contribution in [0, 0.1) is 13.8 Å². The van der Waals surface area contributed by atoms with E-state index in [-0.39, 0.29) is 10.8 Å². The summed E-state index contributed by atoms with van der Waals surface area (Å²) >= 11 is 0. The fraction of sp³-hybridized carbons (Fsp3) is 0.240. The van der Waals surface area contributed by atoms with Gasteiger partial charge >= 0.3 is 0 Å². The first-order chi connectivity index (χ1) is 15.7. The Labute approximate surface area is 194 Å². The number of amides is 1. The summed E-state index contributed by atoms with van der Waals surface area (Å²) in [5, 5.41) is 2.74. The summed E-state index contributed by atoms with van der Waals surface area (Å²) < 4.78 is 39.0. The van der Waals surface area contributed by atoms with Crippen molar-refractivity contribution in [3.8, 4) is 11.5 Å². The first-order valence-corrected chi connectivity index (χ1v) is 12.1. The van der Waals surface area contributed by atoms with Gasteiger partial charge < -0.3 is 14.8 Å². The van der Waals surface area contributed by atoms with Crippen molar-refractivity contribution in [3.05, 3.63) is 77.9 Å². The topological polar surface area (TPSA) is 93.7 Å². The number of benzene rings is 3. The highest BCUT2D eigenvalue weighted by Gasteiger charge is 2.17. The Hall–Kier alpha value is -3.52. The molecule has 0 radical (unpaired) electrons. The fourth-order valence-corrected chi connectivity index (χ4v) is 4.28. The summed E-state index contributed by atoms with van der Waals surface area (Å²) in [6.07, 6.45) is -0.726. The molecule has 7 nitrogen and oxygen atoms in total. The quantitative estimate of drug-likeness (QED) is 0.465. The standard InChI is InChI=1S/C25H28N2O5S/c1-5-31-22-10-6-21(7-11-22)27-33(29,30)24-12-8-20(9-13-24)26-25(28)19(4)32-23-15-17(2)14-18(3)16-23/h6-16,19,27H,5H2,1-4H3,(H,26,28)/t19-/m0/s1. The van der Waals surface area contributed by atoms with Crippen LogP contribution in [-0.4, -0.2) is 27.0 Å². The second-order valence-electron chi connectivity index (χ2n) is 7.66. The van der Waals surface area contributed by atoms with E-state index in [1.165, 1.54) is 24.3 Å². The molecule has 0 fully saturated rings. The zero-order valence-electron chi connectivity index (χ0n) is 19.1. The van der Waals surface area contributed by atoms with Gasteiger partial charge in [-0.3, -0.25) is 9.52 Å². The predicted molar refractivity (Wildman–Crippen MR) is 129 cm³/mol. The van der Waals surface area contributed by atoms with Gasteiger partial charge in [-0.25, -0.2) is 8.42 Å². The molecule has 0 aromatic heterocycles. The predicted octanol–water partition coefficient (Wildman–Crippen LogP) is 4.91. The van der Waals surface area contributed by atoms with Gasteiger partial charge in [0.15, 0.2) is 6.10 Å². The minimum atomic E-state index is -3.78. The van der Waals surface area contributed by atoms with Crippen LogP contribution in [0.4, 0.5) is 11.4 Å². The van der Waals surface area contributed by atoms with E-state index < -0.39 is 16.1 Å². The normalized spacial score (nSPS) is 12.0. The number of hydrogen-bond acceptors (Lipinski definition) is 5. The highest BCUT2D eigenvalue weighted by atomic mass is 32.2. The molecule has 0 saturated heterocycles. The van der Waals surface area contributed by atoms with Crippen molar-refractivity contribution < 1.29 is 22.7 Å². The van der Waals surface area contributed by atoms with Gasteiger partial charge in [-0.05, 0) is 99.5 Å². The number of anilines is 2. The Bertz CT molecular complexity index is 1190. The lowest BCUT2D eigenvalue weighted by atomic mass is 10.1. The van der Waals surface area contributed by atoms with E-state index in [2.05, 4.69) is 10.0 Å². The molecule has 8 heteroatoms. The largest absolute Gasteiger partial charge is 0.494 e. The van der Waals surface area contributed by atoms with Crippen molar-refractivity contribution in [2.45, 2.75) is 38.7 Å². The fourth-order valence-electron chi connectivity index (χ4n) is 3.22. The minimum Gasteiger partial charge on any atom is -0.494 e. The maximum Gasteiger partial charge on any atom is 0.265 e. The van der Waals surface area contributed by atoms with E-state index in [1.807, 2.05) is 39.0 Å². The number of ether oxygens (including phenoxy) is 2. The van der Waals surface area contributed by atoms with Crippen LogP contribution >= 0.6 is 0 Å². The summed E-state index contributed by atoms with van der Waals surface area (Å²) in [5.41, 5.74) is 2.99. The SMILES string of the molecule is CCOc1ccc(NS(=O)(=O)c2ccc(NC(=O)[C@H](C)Oc3cc(C)cc(C)c3)cc2)cc1. The Balaban J connectivity index is 1.62. The smallest absolute Gasteiger partial charge is 0.265 e. The van der Waals surface area contributed by atoms with E-state index in [4.69, 9.17) is 9.47 Å². The molecule has 0 aliphatic carbocycles. The number of nitrogens with one attached hydrogen (secondary N) is 2. The highest BCUT2D eigenvalue weighted by Crippen LogP contribution is 2.22. The molecule has 0 heterocycles. The number of aryl methyl sites for hydroxylation is 2. The molecule has 1 atom stereocenters. The third-order valence-corrected chi connectivity index (χ3v) is 6.12. The first kappa shape index (κ1) is 24.1. The highest BCUT2D eigenvalue weighted by molar-refractivity contribution is 7.92. The minimum absolute atomic E-state index is 0.0777. The second kappa shape index (κ2) is 10.4. The molecule has 0 aliphatic rings. The summed E-state index contributed by atoms with van der Waals surface area (Å²) in [4.78, 5) is 12.6. The molecule has 0 saturated carbocycles. The zero-order chi connectivity index (χ0) is 24.0. The molecular weight excluding hydrogens is 440 g/mol. The van der Waals surface area contributed by atoms with Crippen LogP contribution in [0.2, 0.25) is 0 Å². The van der Waals surface area contributed by atoms with Crippen LogP contribution < -0.4 is 19.5 Å². The van der Waals surface area contributed by atoms with Crippen molar-refractivity contribution in [2.24, 2.45) is 0 Å². The van der Waals surface area contributed by atoms with E-state index in [0.29, 0.717) is 29.5 Å². The monoisotopic (exact) mass is 468 g/mol. The number of carbonyl (C=O) groups is 1. The average molecular weight is 469 g/mol. The van der Waals surface area contributed by atoms with Crippen LogP contribution in [0.1, 0.15) is 25.0 Å². The van der Waals surface area contributed by atoms with Gasteiger partial charge in [0.25, 0.3) is 15.9 Å². The van der Waals surface area contributed by atoms with Gasteiger partial charge in [-0.15, -0.1) is 0 Å². The number of sulfonamides is 1. The Morgan fingerprint density at radius 2 is 1.45 bits per heavy atom. The van der Waals surface area contributed by atoms with E-state index in [1.54, 1.807) is 31.2 Å². The van der Waals surface area contributed by atoms with E-state index >= 15 is 0 Å². The number of rotatable bonds is 9. The van der Waals surface area contributed by atoms with Crippen molar-refractivity contribution >= 4 is 27.3 Å². The lowest BCUT2D eigenvalue weighted by molar-refractivity contribution is -0.122. The molecule has 3 aromatic rings. The Kier molecular flexibility index (Phi) is 7.60. The van der Waals surface area contributed by atoms with Gasteiger partial charge in [0, 0.05) is 11.4 Å². The molecule has 0 bridgehead atoms. The summed E-state index contributed by atoms with van der Waals surface area (Å²) in [5.74, 6) is 0.950. The summed E-state index contributed by atoms with van der Waals surface area (Å²) in [6.45, 7) is 7.99. The van der Waals surface area contributed by atoms with Crippen molar-refractivity contribution in [2.75, 3.05) is 16.6 Å². The second-order valence-corrected chi connectivity index (χ2v) is 9.34. The van der Waals surface area contributed by atoms with Crippen molar-refractivity contribution in [1.82, 2.24) is 0 Å². The first-order valence-electron chi connectivity index (χ1n) is 10.6. The van der Waals surface area contributed by atoms with Crippen LogP contribution in [0.15, 0.2) is 71.6 Å². The molecule has 33 heavy (non-hydrogen) atoms. The number of carbonyl (C=O) groups excluding carboxylic acids is 1. The zero-order valence-corrected chi connectivity index (χ0v) is 19.9. The van der Waals surface area contributed by atoms with Gasteiger partial charge in [-0.1, -0.05) is 6.07 Å². The molecule has 3 rings (SSSR count). The van der Waals surface area contributed by atoms with Gasteiger partial charge in [0.1, 0.15) is 11.5 Å². The van der Waals surface area contributed by atoms with Gasteiger partial charge in [0.2, 0.25) is 0 Å². The third kappa shape index (κ3) is 6.73. The lowest BCUT2D eigenvalue weighted by Crippen LogP contribution is -2.30. The van der Waals surface area contributed by atoms with Crippen molar-refractivity contribution in [3.63, 3.8) is 0 Å². The van der Waals surface area contributed by atoms with E-state index in [0.717, 1.165) is 11.1 Å². The third-order valence-electron chi connectivity index (χ3n) is 4.73. The van der Waals surface area contributed by atoms with Crippen LogP contribution in [-0.2, 0) is 14.8 Å². The maximum absolute atomic E-state index is 12.7. The summed E-state index contributed by atoms with van der Waals surface area (Å²) in [6, 6.07) is 18.4. The van der Waals surface area contributed by atoms with Crippen LogP contribution in [0.5, 0.6) is 11.5 Å². The molecular formula is C25H28N2O5S. The molecule has 174 valence electrons. The molecule has 0 aliphatic heterocycles. The molecule has 3 aromatic carbocycles. The van der Waals surface area contributed by atoms with E-state index in [9.17, 15) is 13.2 Å². The Morgan fingerprint density at radius 3 is 2.03 bits per heavy atom. The maximum atomic E-state index is 12.7. The number of hydrogen-bond donors (Lipinski definition) is 2. The molecule has 1 amide bonds. The Morgan fingerprint density at radius 1 is 0.879 bits per heavy atom. The average Bonchev–Trinajstić information content (AvgIpc) is 2.75. The van der Waals surface area contributed by atoms with Gasteiger partial charge in [0.05, 0.1) is 11.5 Å². The van der Waals surface area contributed by atoms with Gasteiger partial charge in [-0.2, -0.15) is 0 Å². The molecule has 2 N–H and O–H groups in total. The van der Waals surface area contributed by atoms with Crippen LogP contribution in [0.3, 0.4) is 0 Å². The molecule has 0 unspecified atom stereocenters. The van der Waals surface area contributed by atoms with Crippen LogP contribution in [0.25, 0.3) is 0 Å². The lowest BCUT2D eigenvalue weighted by Gasteiger charge is -2.16. The summed E-state index contributed by atoms with van der Waals surface area (Å²) in [7, 11) is -3.78.